The van der Waals surface area contributed by atoms with Gasteiger partial charge in [-0.15, -0.1) is 0 Å². The Hall–Kier alpha value is -0.0600. The van der Waals surface area contributed by atoms with Gasteiger partial charge in [0.25, 0.3) is 0 Å². The van der Waals surface area contributed by atoms with E-state index in [0.29, 0.717) is 10.4 Å². The van der Waals surface area contributed by atoms with Gasteiger partial charge in [0.15, 0.2) is 0 Å². The predicted molar refractivity (Wildman–Crippen MR) is 69.9 cm³/mol. The number of hydrogen-bond acceptors (Lipinski definition) is 2. The minimum absolute atomic E-state index is 0.142. The van der Waals surface area contributed by atoms with Crippen LogP contribution in [0.15, 0.2) is 21.1 Å². The number of aromatic hydroxyl groups is 1. The van der Waals surface area contributed by atoms with Crippen LogP contribution in [-0.2, 0) is 0 Å². The van der Waals surface area contributed by atoms with Crippen molar-refractivity contribution in [2.24, 2.45) is 11.7 Å². The van der Waals surface area contributed by atoms with Gasteiger partial charge in [-0.2, -0.15) is 0 Å². The highest BCUT2D eigenvalue weighted by Crippen LogP contribution is 2.38. The SMILES string of the molecule is CC(C)C[C@@H](N)c1c(Br)ccc(Br)c1O. The van der Waals surface area contributed by atoms with Crippen LogP contribution in [0.2, 0.25) is 0 Å². The third kappa shape index (κ3) is 3.20. The molecule has 0 saturated heterocycles. The molecule has 0 spiro atoms. The molecule has 0 bridgehead atoms. The Labute approximate surface area is 107 Å². The first-order valence-electron chi connectivity index (χ1n) is 4.86. The lowest BCUT2D eigenvalue weighted by Crippen LogP contribution is -2.13. The summed E-state index contributed by atoms with van der Waals surface area (Å²) in [7, 11) is 0. The summed E-state index contributed by atoms with van der Waals surface area (Å²) in [5.41, 5.74) is 6.83. The highest BCUT2D eigenvalue weighted by atomic mass is 79.9. The zero-order valence-electron chi connectivity index (χ0n) is 8.80. The van der Waals surface area contributed by atoms with Crippen LogP contribution >= 0.6 is 31.9 Å². The van der Waals surface area contributed by atoms with Crippen molar-refractivity contribution in [1.29, 1.82) is 0 Å². The average Bonchev–Trinajstić information content (AvgIpc) is 2.11. The quantitative estimate of drug-likeness (QED) is 0.877. The third-order valence-corrected chi connectivity index (χ3v) is 3.54. The summed E-state index contributed by atoms with van der Waals surface area (Å²) in [6.07, 6.45) is 0.850. The first-order chi connectivity index (χ1) is 6.93. The standard InChI is InChI=1S/C11H15Br2NO/c1-6(2)5-9(14)10-7(12)3-4-8(13)11(10)15/h3-4,6,9,15H,5,14H2,1-2H3/t9-/m1/s1. The Balaban J connectivity index is 3.07. The van der Waals surface area contributed by atoms with Crippen LogP contribution in [0.1, 0.15) is 31.9 Å². The Bertz CT molecular complexity index is 353. The number of phenols is 1. The molecular formula is C11H15Br2NO. The van der Waals surface area contributed by atoms with Gasteiger partial charge in [-0.1, -0.05) is 29.8 Å². The first kappa shape index (κ1) is 13.0. The molecule has 0 amide bonds. The van der Waals surface area contributed by atoms with Crippen molar-refractivity contribution in [3.8, 4) is 5.75 Å². The maximum absolute atomic E-state index is 9.90. The number of halogens is 2. The minimum atomic E-state index is -0.142. The summed E-state index contributed by atoms with van der Waals surface area (Å²) in [4.78, 5) is 0. The molecule has 1 aromatic carbocycles. The summed E-state index contributed by atoms with van der Waals surface area (Å²) in [6.45, 7) is 4.23. The largest absolute Gasteiger partial charge is 0.506 e. The van der Waals surface area contributed by atoms with E-state index in [1.165, 1.54) is 0 Å². The minimum Gasteiger partial charge on any atom is -0.506 e. The Morgan fingerprint density at radius 2 is 1.80 bits per heavy atom. The zero-order valence-corrected chi connectivity index (χ0v) is 12.0. The van der Waals surface area contributed by atoms with Gasteiger partial charge in [0.2, 0.25) is 0 Å². The van der Waals surface area contributed by atoms with E-state index in [1.54, 1.807) is 6.07 Å². The second-order valence-electron chi connectivity index (χ2n) is 4.03. The molecule has 15 heavy (non-hydrogen) atoms. The Morgan fingerprint density at radius 3 is 2.33 bits per heavy atom. The molecule has 0 aliphatic carbocycles. The molecule has 1 rings (SSSR count). The van der Waals surface area contributed by atoms with E-state index in [9.17, 15) is 5.11 Å². The number of nitrogens with two attached hydrogens (primary N) is 1. The van der Waals surface area contributed by atoms with Crippen molar-refractivity contribution in [2.75, 3.05) is 0 Å². The van der Waals surface area contributed by atoms with Gasteiger partial charge < -0.3 is 10.8 Å². The number of benzene rings is 1. The third-order valence-electron chi connectivity index (χ3n) is 2.21. The highest BCUT2D eigenvalue weighted by molar-refractivity contribution is 9.11. The smallest absolute Gasteiger partial charge is 0.135 e. The molecule has 4 heteroatoms. The fourth-order valence-electron chi connectivity index (χ4n) is 1.54. The van der Waals surface area contributed by atoms with Crippen molar-refractivity contribution in [3.63, 3.8) is 0 Å². The summed E-state index contributed by atoms with van der Waals surface area (Å²) in [6, 6.07) is 3.54. The van der Waals surface area contributed by atoms with Gasteiger partial charge in [0.05, 0.1) is 4.47 Å². The molecule has 0 fully saturated rings. The van der Waals surface area contributed by atoms with Gasteiger partial charge in [-0.3, -0.25) is 0 Å². The van der Waals surface area contributed by atoms with Crippen LogP contribution in [-0.4, -0.2) is 5.11 Å². The van der Waals surface area contributed by atoms with Crippen molar-refractivity contribution in [1.82, 2.24) is 0 Å². The number of phenolic OH excluding ortho intramolecular Hbond substituents is 1. The lowest BCUT2D eigenvalue weighted by molar-refractivity contribution is 0.441. The molecule has 1 atom stereocenters. The van der Waals surface area contributed by atoms with Gasteiger partial charge in [0.1, 0.15) is 5.75 Å². The molecule has 0 aromatic heterocycles. The fraction of sp³-hybridized carbons (Fsp3) is 0.455. The predicted octanol–water partition coefficient (Wildman–Crippen LogP) is 3.96. The van der Waals surface area contributed by atoms with E-state index in [-0.39, 0.29) is 11.8 Å². The lowest BCUT2D eigenvalue weighted by Gasteiger charge is -2.18. The van der Waals surface area contributed by atoms with Crippen LogP contribution in [0, 0.1) is 5.92 Å². The van der Waals surface area contributed by atoms with Gasteiger partial charge in [-0.25, -0.2) is 0 Å². The number of hydrogen-bond donors (Lipinski definition) is 2. The second kappa shape index (κ2) is 5.32. The Morgan fingerprint density at radius 1 is 1.27 bits per heavy atom. The Kier molecular flexibility index (Phi) is 4.62. The normalized spacial score (nSPS) is 13.2. The molecule has 0 aliphatic heterocycles. The van der Waals surface area contributed by atoms with E-state index in [0.717, 1.165) is 16.5 Å². The number of rotatable bonds is 3. The maximum Gasteiger partial charge on any atom is 0.135 e. The van der Waals surface area contributed by atoms with Crippen molar-refractivity contribution < 1.29 is 5.11 Å². The first-order valence-corrected chi connectivity index (χ1v) is 6.44. The average molecular weight is 337 g/mol. The molecule has 2 nitrogen and oxygen atoms in total. The van der Waals surface area contributed by atoms with Crippen LogP contribution in [0.25, 0.3) is 0 Å². The van der Waals surface area contributed by atoms with E-state index >= 15 is 0 Å². The molecule has 0 heterocycles. The maximum atomic E-state index is 9.90. The van der Waals surface area contributed by atoms with Crippen LogP contribution in [0.3, 0.4) is 0 Å². The van der Waals surface area contributed by atoms with E-state index in [1.807, 2.05) is 6.07 Å². The van der Waals surface area contributed by atoms with Gasteiger partial charge in [-0.05, 0) is 40.4 Å². The fourth-order valence-corrected chi connectivity index (χ4v) is 2.49. The van der Waals surface area contributed by atoms with Crippen LogP contribution in [0.4, 0.5) is 0 Å². The summed E-state index contributed by atoms with van der Waals surface area (Å²) in [5, 5.41) is 9.90. The van der Waals surface area contributed by atoms with E-state index in [4.69, 9.17) is 5.73 Å². The monoisotopic (exact) mass is 335 g/mol. The zero-order chi connectivity index (χ0) is 11.6. The summed E-state index contributed by atoms with van der Waals surface area (Å²) >= 11 is 6.70. The second-order valence-corrected chi connectivity index (χ2v) is 5.74. The molecule has 0 unspecified atom stereocenters. The van der Waals surface area contributed by atoms with E-state index < -0.39 is 0 Å². The molecular weight excluding hydrogens is 322 g/mol. The molecule has 3 N–H and O–H groups in total. The van der Waals surface area contributed by atoms with Crippen molar-refractivity contribution >= 4 is 31.9 Å². The summed E-state index contributed by atoms with van der Waals surface area (Å²) < 4.78 is 1.54. The molecule has 0 saturated carbocycles. The van der Waals surface area contributed by atoms with Crippen LogP contribution < -0.4 is 5.73 Å². The van der Waals surface area contributed by atoms with Crippen LogP contribution in [0.5, 0.6) is 5.75 Å². The highest BCUT2D eigenvalue weighted by Gasteiger charge is 2.17. The van der Waals surface area contributed by atoms with Crippen molar-refractivity contribution in [3.05, 3.63) is 26.6 Å². The molecule has 0 radical (unpaired) electrons. The van der Waals surface area contributed by atoms with Gasteiger partial charge >= 0.3 is 0 Å². The lowest BCUT2D eigenvalue weighted by atomic mass is 9.97. The van der Waals surface area contributed by atoms with Gasteiger partial charge in [0, 0.05) is 16.1 Å². The van der Waals surface area contributed by atoms with Crippen molar-refractivity contribution in [2.45, 2.75) is 26.3 Å². The topological polar surface area (TPSA) is 46.2 Å². The summed E-state index contributed by atoms with van der Waals surface area (Å²) in [5.74, 6) is 0.739. The molecule has 84 valence electrons. The molecule has 0 aliphatic rings. The van der Waals surface area contributed by atoms with E-state index in [2.05, 4.69) is 45.7 Å². The molecule has 1 aromatic rings.